The lowest BCUT2D eigenvalue weighted by molar-refractivity contribution is -0.158. The number of rotatable bonds is 4. The third kappa shape index (κ3) is 3.50. The largest absolute Gasteiger partial charge is 0.467 e. The number of thioether (sulfide) groups is 1. The van der Waals surface area contributed by atoms with Crippen molar-refractivity contribution in [3.63, 3.8) is 0 Å². The van der Waals surface area contributed by atoms with Crippen LogP contribution in [0.5, 0.6) is 0 Å². The molecule has 1 rings (SSSR count). The van der Waals surface area contributed by atoms with Gasteiger partial charge in [-0.15, -0.1) is 11.8 Å². The summed E-state index contributed by atoms with van der Waals surface area (Å²) in [6.07, 6.45) is 0. The summed E-state index contributed by atoms with van der Waals surface area (Å²) in [5, 5.41) is 9.82. The Hall–Kier alpha value is -0.520. The van der Waals surface area contributed by atoms with Crippen LogP contribution in [0.1, 0.15) is 6.92 Å². The van der Waals surface area contributed by atoms with Crippen molar-refractivity contribution >= 4 is 33.7 Å². The zero-order valence-corrected chi connectivity index (χ0v) is 11.5. The first-order valence-electron chi connectivity index (χ1n) is 4.65. The maximum atomic E-state index is 11.2. The summed E-state index contributed by atoms with van der Waals surface area (Å²) in [5.74, 6) is -0.366. The summed E-state index contributed by atoms with van der Waals surface area (Å²) in [6, 6.07) is 7.64. The van der Waals surface area contributed by atoms with Gasteiger partial charge < -0.3 is 9.84 Å². The SMILES string of the molecule is COC(=O)C(C)(O)CSc1ccccc1Br. The predicted octanol–water partition coefficient (Wildman–Crippen LogP) is 2.47. The van der Waals surface area contributed by atoms with E-state index >= 15 is 0 Å². The number of hydrogen-bond acceptors (Lipinski definition) is 4. The molecule has 0 amide bonds. The van der Waals surface area contributed by atoms with Gasteiger partial charge in [-0.1, -0.05) is 12.1 Å². The van der Waals surface area contributed by atoms with E-state index in [1.165, 1.54) is 25.8 Å². The van der Waals surface area contributed by atoms with Crippen LogP contribution in [-0.2, 0) is 9.53 Å². The quantitative estimate of drug-likeness (QED) is 0.686. The molecule has 0 bridgehead atoms. The predicted molar refractivity (Wildman–Crippen MR) is 67.5 cm³/mol. The molecule has 16 heavy (non-hydrogen) atoms. The fourth-order valence-corrected chi connectivity index (χ4v) is 2.62. The molecule has 0 aromatic heterocycles. The number of esters is 1. The Kier molecular flexibility index (Phi) is 4.83. The Morgan fingerprint density at radius 2 is 2.19 bits per heavy atom. The highest BCUT2D eigenvalue weighted by molar-refractivity contribution is 9.10. The van der Waals surface area contributed by atoms with Crippen LogP contribution in [0.2, 0.25) is 0 Å². The average Bonchev–Trinajstić information content (AvgIpc) is 2.27. The minimum atomic E-state index is -1.46. The van der Waals surface area contributed by atoms with Crippen molar-refractivity contribution in [3.05, 3.63) is 28.7 Å². The van der Waals surface area contributed by atoms with Crippen molar-refractivity contribution in [1.29, 1.82) is 0 Å². The maximum absolute atomic E-state index is 11.2. The molecule has 0 fully saturated rings. The molecule has 0 radical (unpaired) electrons. The molecular formula is C11H13BrO3S. The summed E-state index contributed by atoms with van der Waals surface area (Å²) in [6.45, 7) is 1.45. The molecule has 0 saturated heterocycles. The van der Waals surface area contributed by atoms with Gasteiger partial charge in [0.1, 0.15) is 0 Å². The number of carbonyl (C=O) groups is 1. The minimum absolute atomic E-state index is 0.252. The number of ether oxygens (including phenoxy) is 1. The number of benzene rings is 1. The van der Waals surface area contributed by atoms with E-state index in [4.69, 9.17) is 0 Å². The second-order valence-electron chi connectivity index (χ2n) is 3.48. The van der Waals surface area contributed by atoms with Gasteiger partial charge in [-0.2, -0.15) is 0 Å². The molecular weight excluding hydrogens is 292 g/mol. The molecule has 1 aromatic carbocycles. The molecule has 1 N–H and O–H groups in total. The van der Waals surface area contributed by atoms with Crippen LogP contribution in [0, 0.1) is 0 Å². The lowest BCUT2D eigenvalue weighted by Crippen LogP contribution is -2.38. The molecule has 0 aliphatic carbocycles. The van der Waals surface area contributed by atoms with Gasteiger partial charge in [0.05, 0.1) is 7.11 Å². The third-order valence-electron chi connectivity index (χ3n) is 1.97. The zero-order valence-electron chi connectivity index (χ0n) is 9.07. The van der Waals surface area contributed by atoms with Crippen molar-refractivity contribution in [2.45, 2.75) is 17.4 Å². The average molecular weight is 305 g/mol. The van der Waals surface area contributed by atoms with E-state index in [0.717, 1.165) is 9.37 Å². The van der Waals surface area contributed by atoms with E-state index in [9.17, 15) is 9.90 Å². The lowest BCUT2D eigenvalue weighted by Gasteiger charge is -2.19. The van der Waals surface area contributed by atoms with Crippen LogP contribution in [0.25, 0.3) is 0 Å². The molecule has 5 heteroatoms. The van der Waals surface area contributed by atoms with Gasteiger partial charge in [-0.05, 0) is 35.0 Å². The van der Waals surface area contributed by atoms with E-state index in [-0.39, 0.29) is 5.75 Å². The highest BCUT2D eigenvalue weighted by Gasteiger charge is 2.31. The second kappa shape index (κ2) is 5.70. The number of methoxy groups -OCH3 is 1. The normalized spacial score (nSPS) is 14.2. The van der Waals surface area contributed by atoms with Crippen LogP contribution in [0.15, 0.2) is 33.6 Å². The van der Waals surface area contributed by atoms with Gasteiger partial charge in [-0.3, -0.25) is 0 Å². The van der Waals surface area contributed by atoms with Crippen LogP contribution in [-0.4, -0.2) is 29.5 Å². The minimum Gasteiger partial charge on any atom is -0.467 e. The molecule has 0 heterocycles. The van der Waals surface area contributed by atoms with Gasteiger partial charge in [-0.25, -0.2) is 4.79 Å². The first-order valence-corrected chi connectivity index (χ1v) is 6.43. The number of carbonyl (C=O) groups excluding carboxylic acids is 1. The Labute approximate surface area is 107 Å². The van der Waals surface area contributed by atoms with Crippen LogP contribution in [0.3, 0.4) is 0 Å². The van der Waals surface area contributed by atoms with Gasteiger partial charge in [0.2, 0.25) is 0 Å². The van der Waals surface area contributed by atoms with Crippen molar-refractivity contribution in [2.24, 2.45) is 0 Å². The van der Waals surface area contributed by atoms with Gasteiger partial charge >= 0.3 is 5.97 Å². The monoisotopic (exact) mass is 304 g/mol. The number of aliphatic hydroxyl groups is 1. The zero-order chi connectivity index (χ0) is 12.2. The van der Waals surface area contributed by atoms with Crippen LogP contribution >= 0.6 is 27.7 Å². The first-order chi connectivity index (χ1) is 7.47. The molecule has 0 saturated carbocycles. The molecule has 0 aliphatic heterocycles. The van der Waals surface area contributed by atoms with Crippen LogP contribution < -0.4 is 0 Å². The van der Waals surface area contributed by atoms with E-state index in [0.29, 0.717) is 0 Å². The van der Waals surface area contributed by atoms with E-state index in [2.05, 4.69) is 20.7 Å². The Morgan fingerprint density at radius 3 is 2.75 bits per heavy atom. The topological polar surface area (TPSA) is 46.5 Å². The summed E-state index contributed by atoms with van der Waals surface area (Å²) in [4.78, 5) is 12.2. The highest BCUT2D eigenvalue weighted by atomic mass is 79.9. The van der Waals surface area contributed by atoms with Gasteiger partial charge in [0.25, 0.3) is 0 Å². The van der Waals surface area contributed by atoms with Crippen molar-refractivity contribution in [3.8, 4) is 0 Å². The second-order valence-corrected chi connectivity index (χ2v) is 5.36. The molecule has 3 nitrogen and oxygen atoms in total. The van der Waals surface area contributed by atoms with Crippen molar-refractivity contribution in [1.82, 2.24) is 0 Å². The Morgan fingerprint density at radius 1 is 1.56 bits per heavy atom. The fourth-order valence-electron chi connectivity index (χ4n) is 1.06. The molecule has 88 valence electrons. The summed E-state index contributed by atoms with van der Waals surface area (Å²) in [7, 11) is 1.26. The summed E-state index contributed by atoms with van der Waals surface area (Å²) < 4.78 is 5.46. The van der Waals surface area contributed by atoms with Gasteiger partial charge in [0, 0.05) is 15.1 Å². The summed E-state index contributed by atoms with van der Waals surface area (Å²) >= 11 is 4.80. The third-order valence-corrected chi connectivity index (χ3v) is 4.30. The van der Waals surface area contributed by atoms with Gasteiger partial charge in [0.15, 0.2) is 5.60 Å². The Bertz CT molecular complexity index is 379. The molecule has 0 spiro atoms. The standard InChI is InChI=1S/C11H13BrO3S/c1-11(14,10(13)15-2)7-16-9-6-4-3-5-8(9)12/h3-6,14H,7H2,1-2H3. The van der Waals surface area contributed by atoms with Crippen molar-refractivity contribution < 1.29 is 14.6 Å². The van der Waals surface area contributed by atoms with Crippen LogP contribution in [0.4, 0.5) is 0 Å². The molecule has 0 aliphatic rings. The molecule has 1 aromatic rings. The maximum Gasteiger partial charge on any atom is 0.338 e. The first kappa shape index (κ1) is 13.5. The smallest absolute Gasteiger partial charge is 0.338 e. The van der Waals surface area contributed by atoms with E-state index in [1.807, 2.05) is 24.3 Å². The van der Waals surface area contributed by atoms with Crippen molar-refractivity contribution in [2.75, 3.05) is 12.9 Å². The van der Waals surface area contributed by atoms with E-state index in [1.54, 1.807) is 0 Å². The Balaban J connectivity index is 2.65. The molecule has 1 unspecified atom stereocenters. The highest BCUT2D eigenvalue weighted by Crippen LogP contribution is 2.29. The number of hydrogen-bond donors (Lipinski definition) is 1. The number of halogens is 1. The fraction of sp³-hybridized carbons (Fsp3) is 0.364. The summed E-state index contributed by atoms with van der Waals surface area (Å²) in [5.41, 5.74) is -1.46. The molecule has 1 atom stereocenters. The van der Waals surface area contributed by atoms with E-state index < -0.39 is 11.6 Å². The lowest BCUT2D eigenvalue weighted by atomic mass is 10.1.